The number of fused-ring (bicyclic) bond motifs is 1. The fourth-order valence-corrected chi connectivity index (χ4v) is 5.30. The monoisotopic (exact) mass is 505 g/mol. The fourth-order valence-electron chi connectivity index (χ4n) is 5.30. The van der Waals surface area contributed by atoms with Crippen LogP contribution in [0, 0.1) is 0 Å². The highest BCUT2D eigenvalue weighted by Gasteiger charge is 2.15. The molecule has 0 unspecified atom stereocenters. The second-order valence-electron chi connectivity index (χ2n) is 10.9. The maximum atomic E-state index is 11.3. The van der Waals surface area contributed by atoms with E-state index in [1.165, 1.54) is 94.6 Å². The largest absolute Gasteiger partial charge is 0.505 e. The van der Waals surface area contributed by atoms with Gasteiger partial charge in [0, 0.05) is 0 Å². The van der Waals surface area contributed by atoms with Crippen molar-refractivity contribution in [2.75, 3.05) is 0 Å². The highest BCUT2D eigenvalue weighted by molar-refractivity contribution is 5.75. The molecule has 0 bridgehead atoms. The van der Waals surface area contributed by atoms with Crippen molar-refractivity contribution in [2.45, 2.75) is 136 Å². The highest BCUT2D eigenvalue weighted by Crippen LogP contribution is 2.31. The van der Waals surface area contributed by atoms with Gasteiger partial charge in [-0.2, -0.15) is 0 Å². The van der Waals surface area contributed by atoms with Gasteiger partial charge in [0.05, 0.1) is 0 Å². The minimum atomic E-state index is 0.350. The Labute approximate surface area is 225 Å². The minimum Gasteiger partial charge on any atom is -0.505 e. The van der Waals surface area contributed by atoms with Crippen LogP contribution in [0.15, 0.2) is 30.3 Å². The van der Waals surface area contributed by atoms with Crippen LogP contribution < -0.4 is 0 Å². The second kappa shape index (κ2) is 16.5. The van der Waals surface area contributed by atoms with Crippen molar-refractivity contribution in [1.82, 2.24) is 15.0 Å². The molecule has 3 aromatic rings. The average Bonchev–Trinajstić information content (AvgIpc) is 3.32. The Morgan fingerprint density at radius 3 is 1.81 bits per heavy atom. The lowest BCUT2D eigenvalue weighted by molar-refractivity contribution is 0.458. The summed E-state index contributed by atoms with van der Waals surface area (Å²) in [5.41, 5.74) is 6.15. The third-order valence-corrected chi connectivity index (χ3v) is 7.55. The van der Waals surface area contributed by atoms with Crippen molar-refractivity contribution in [3.63, 3.8) is 0 Å². The normalized spacial score (nSPS) is 11.5. The number of aromatic hydroxyl groups is 1. The van der Waals surface area contributed by atoms with E-state index < -0.39 is 0 Å². The quantitative estimate of drug-likeness (QED) is 0.165. The molecule has 0 saturated carbocycles. The third-order valence-electron chi connectivity index (χ3n) is 7.55. The van der Waals surface area contributed by atoms with Crippen LogP contribution in [0.3, 0.4) is 0 Å². The molecule has 3 rings (SSSR count). The molecule has 0 radical (unpaired) electrons. The van der Waals surface area contributed by atoms with E-state index in [2.05, 4.69) is 51.1 Å². The van der Waals surface area contributed by atoms with Gasteiger partial charge in [0.1, 0.15) is 22.5 Å². The van der Waals surface area contributed by atoms with E-state index >= 15 is 0 Å². The Morgan fingerprint density at radius 1 is 0.568 bits per heavy atom. The zero-order valence-electron chi connectivity index (χ0n) is 23.9. The predicted octanol–water partition coefficient (Wildman–Crippen LogP) is 9.66. The van der Waals surface area contributed by atoms with Crippen molar-refractivity contribution >= 4 is 11.0 Å². The topological polar surface area (TPSA) is 50.9 Å². The molecule has 0 aliphatic heterocycles. The number of aromatic nitrogens is 3. The third kappa shape index (κ3) is 9.47. The van der Waals surface area contributed by atoms with Gasteiger partial charge in [0.15, 0.2) is 0 Å². The molecular weight excluding hydrogens is 454 g/mol. The van der Waals surface area contributed by atoms with Crippen molar-refractivity contribution in [2.24, 2.45) is 0 Å². The van der Waals surface area contributed by atoms with Gasteiger partial charge < -0.3 is 5.11 Å². The van der Waals surface area contributed by atoms with Crippen molar-refractivity contribution in [1.29, 1.82) is 0 Å². The van der Waals surface area contributed by atoms with Crippen molar-refractivity contribution < 1.29 is 5.11 Å². The Bertz CT molecular complexity index is 1060. The number of phenols is 1. The van der Waals surface area contributed by atoms with Crippen LogP contribution in [0.4, 0.5) is 0 Å². The molecule has 0 spiro atoms. The lowest BCUT2D eigenvalue weighted by atomic mass is 9.98. The van der Waals surface area contributed by atoms with E-state index in [-0.39, 0.29) is 0 Å². The lowest BCUT2D eigenvalue weighted by Crippen LogP contribution is -2.03. The SMILES string of the molecule is CCCCCCCCCc1cc(CCCCCCCCC)c(O)c(-n2nc3ccc(CCC)cc3n2)c1. The first-order chi connectivity index (χ1) is 18.2. The van der Waals surface area contributed by atoms with E-state index in [0.29, 0.717) is 5.75 Å². The average molecular weight is 506 g/mol. The summed E-state index contributed by atoms with van der Waals surface area (Å²) in [6.07, 6.45) is 22.2. The van der Waals surface area contributed by atoms with Crippen LogP contribution in [-0.4, -0.2) is 20.1 Å². The zero-order chi connectivity index (χ0) is 26.3. The van der Waals surface area contributed by atoms with Gasteiger partial charge in [-0.1, -0.05) is 116 Å². The van der Waals surface area contributed by atoms with Gasteiger partial charge in [0.2, 0.25) is 0 Å². The second-order valence-corrected chi connectivity index (χ2v) is 10.9. The summed E-state index contributed by atoms with van der Waals surface area (Å²) in [6.45, 7) is 6.73. The molecule has 4 heteroatoms. The zero-order valence-corrected chi connectivity index (χ0v) is 23.9. The number of phenolic OH excluding ortho intramolecular Hbond substituents is 1. The number of benzene rings is 2. The molecular formula is C33H51N3O. The molecule has 0 saturated heterocycles. The number of rotatable bonds is 19. The van der Waals surface area contributed by atoms with Gasteiger partial charge in [0.25, 0.3) is 0 Å². The molecule has 0 aliphatic carbocycles. The molecule has 37 heavy (non-hydrogen) atoms. The molecule has 0 atom stereocenters. The number of aryl methyl sites for hydroxylation is 3. The summed E-state index contributed by atoms with van der Waals surface area (Å²) in [7, 11) is 0. The lowest BCUT2D eigenvalue weighted by Gasteiger charge is -2.13. The standard InChI is InChI=1S/C33H51N3O/c1-4-7-9-11-13-15-17-20-28-24-29(21-18-16-14-12-10-8-5-2)33(37)32(26-28)36-34-30-23-22-27(19-6-3)25-31(30)35-36/h22-26,37H,4-21H2,1-3H3. The number of nitrogens with zero attached hydrogens (tertiary/aromatic N) is 3. The van der Waals surface area contributed by atoms with Gasteiger partial charge in [-0.3, -0.25) is 0 Å². The molecule has 0 aliphatic rings. The van der Waals surface area contributed by atoms with Crippen LogP contribution in [0.1, 0.15) is 134 Å². The molecule has 1 heterocycles. The van der Waals surface area contributed by atoms with Crippen molar-refractivity contribution in [3.8, 4) is 11.4 Å². The van der Waals surface area contributed by atoms with Crippen LogP contribution in [0.5, 0.6) is 5.75 Å². The summed E-state index contributed by atoms with van der Waals surface area (Å²) in [5, 5.41) is 20.8. The maximum Gasteiger partial charge on any atom is 0.146 e. The summed E-state index contributed by atoms with van der Waals surface area (Å²) in [5.74, 6) is 0.350. The molecule has 1 aromatic heterocycles. The van der Waals surface area contributed by atoms with Gasteiger partial charge in [-0.05, 0) is 67.0 Å². The summed E-state index contributed by atoms with van der Waals surface area (Å²) >= 11 is 0. The molecule has 4 nitrogen and oxygen atoms in total. The predicted molar refractivity (Wildman–Crippen MR) is 158 cm³/mol. The van der Waals surface area contributed by atoms with E-state index in [0.717, 1.165) is 54.4 Å². The maximum absolute atomic E-state index is 11.3. The minimum absolute atomic E-state index is 0.350. The van der Waals surface area contributed by atoms with Crippen LogP contribution in [0.25, 0.3) is 16.7 Å². The summed E-state index contributed by atoms with van der Waals surface area (Å²) in [6, 6.07) is 10.7. The van der Waals surface area contributed by atoms with E-state index in [1.54, 1.807) is 4.80 Å². The van der Waals surface area contributed by atoms with Gasteiger partial charge in [-0.15, -0.1) is 15.0 Å². The number of hydrogen-bond acceptors (Lipinski definition) is 3. The summed E-state index contributed by atoms with van der Waals surface area (Å²) in [4.78, 5) is 1.66. The van der Waals surface area contributed by atoms with Gasteiger partial charge in [-0.25, -0.2) is 0 Å². The van der Waals surface area contributed by atoms with Gasteiger partial charge >= 0.3 is 0 Å². The first-order valence-corrected chi connectivity index (χ1v) is 15.4. The highest BCUT2D eigenvalue weighted by atomic mass is 16.3. The molecule has 0 fully saturated rings. The van der Waals surface area contributed by atoms with Crippen LogP contribution in [0.2, 0.25) is 0 Å². The van der Waals surface area contributed by atoms with E-state index in [9.17, 15) is 5.11 Å². The van der Waals surface area contributed by atoms with Crippen LogP contribution in [-0.2, 0) is 19.3 Å². The Kier molecular flexibility index (Phi) is 13.0. The smallest absolute Gasteiger partial charge is 0.146 e. The van der Waals surface area contributed by atoms with E-state index in [4.69, 9.17) is 10.2 Å². The Hall–Kier alpha value is -2.36. The fraction of sp³-hybridized carbons (Fsp3) is 0.636. The molecule has 0 amide bonds. The molecule has 204 valence electrons. The van der Waals surface area contributed by atoms with Crippen LogP contribution >= 0.6 is 0 Å². The van der Waals surface area contributed by atoms with Crippen molar-refractivity contribution in [3.05, 3.63) is 47.0 Å². The molecule has 1 N–H and O–H groups in total. The molecule has 2 aromatic carbocycles. The van der Waals surface area contributed by atoms with E-state index in [1.807, 2.05) is 0 Å². The first-order valence-electron chi connectivity index (χ1n) is 15.4. The number of hydrogen-bond donors (Lipinski definition) is 1. The first kappa shape index (κ1) is 29.2. The Morgan fingerprint density at radius 2 is 1.16 bits per heavy atom. The summed E-state index contributed by atoms with van der Waals surface area (Å²) < 4.78 is 0. The Balaban J connectivity index is 1.73. The number of unbranched alkanes of at least 4 members (excludes halogenated alkanes) is 12.